The molecule has 0 bridgehead atoms. The average Bonchev–Trinajstić information content (AvgIpc) is 2.66. The fraction of sp³-hybridized carbons (Fsp3) is 0.350. The van der Waals surface area contributed by atoms with Gasteiger partial charge in [-0.1, -0.05) is 30.3 Å². The van der Waals surface area contributed by atoms with E-state index in [-0.39, 0.29) is 36.4 Å². The second kappa shape index (κ2) is 8.60. The maximum atomic E-state index is 13.6. The van der Waals surface area contributed by atoms with E-state index in [4.69, 9.17) is 0 Å². The summed E-state index contributed by atoms with van der Waals surface area (Å²) in [5, 5.41) is 3.18. The van der Waals surface area contributed by atoms with Crippen molar-refractivity contribution in [2.45, 2.75) is 25.2 Å². The summed E-state index contributed by atoms with van der Waals surface area (Å²) in [7, 11) is 0. The largest absolute Gasteiger partial charge is 0.573 e. The van der Waals surface area contributed by atoms with Crippen LogP contribution in [0.2, 0.25) is 0 Å². The van der Waals surface area contributed by atoms with Crippen molar-refractivity contribution in [1.82, 2.24) is 10.2 Å². The molecule has 0 saturated carbocycles. The number of halogens is 4. The van der Waals surface area contributed by atoms with Crippen molar-refractivity contribution in [3.05, 3.63) is 65.5 Å². The Bertz CT molecular complexity index is 826. The SMILES string of the molecule is O=C(CCc1ccccc1OC(F)(F)F)N1CCNCC1c1cccc(F)c1. The summed E-state index contributed by atoms with van der Waals surface area (Å²) in [5.74, 6) is -0.879. The van der Waals surface area contributed by atoms with E-state index in [2.05, 4.69) is 10.1 Å². The van der Waals surface area contributed by atoms with Crippen molar-refractivity contribution < 1.29 is 27.1 Å². The highest BCUT2D eigenvalue weighted by atomic mass is 19.4. The maximum absolute atomic E-state index is 13.6. The molecule has 4 nitrogen and oxygen atoms in total. The lowest BCUT2D eigenvalue weighted by Crippen LogP contribution is -2.48. The van der Waals surface area contributed by atoms with Crippen LogP contribution in [-0.4, -0.2) is 36.8 Å². The van der Waals surface area contributed by atoms with Crippen molar-refractivity contribution in [2.75, 3.05) is 19.6 Å². The number of benzene rings is 2. The zero-order valence-corrected chi connectivity index (χ0v) is 15.0. The summed E-state index contributed by atoms with van der Waals surface area (Å²) in [5.41, 5.74) is 0.993. The van der Waals surface area contributed by atoms with E-state index in [1.807, 2.05) is 0 Å². The number of aryl methyl sites for hydroxylation is 1. The first-order valence-corrected chi connectivity index (χ1v) is 8.93. The van der Waals surface area contributed by atoms with Crippen molar-refractivity contribution in [2.24, 2.45) is 0 Å². The summed E-state index contributed by atoms with van der Waals surface area (Å²) in [6.07, 6.45) is -4.64. The van der Waals surface area contributed by atoms with Crippen LogP contribution in [0.5, 0.6) is 5.75 Å². The van der Waals surface area contributed by atoms with Crippen LogP contribution < -0.4 is 10.1 Å². The van der Waals surface area contributed by atoms with Gasteiger partial charge in [0.05, 0.1) is 6.04 Å². The topological polar surface area (TPSA) is 41.6 Å². The molecular formula is C20H20F4N2O2. The van der Waals surface area contributed by atoms with Gasteiger partial charge in [0.15, 0.2) is 0 Å². The molecule has 1 unspecified atom stereocenters. The molecule has 1 saturated heterocycles. The minimum atomic E-state index is -4.79. The number of carbonyl (C=O) groups excluding carboxylic acids is 1. The smallest absolute Gasteiger partial charge is 0.406 e. The van der Waals surface area contributed by atoms with Crippen molar-refractivity contribution in [3.63, 3.8) is 0 Å². The molecule has 1 aliphatic rings. The second-order valence-corrected chi connectivity index (χ2v) is 6.52. The fourth-order valence-electron chi connectivity index (χ4n) is 3.33. The lowest BCUT2D eigenvalue weighted by molar-refractivity contribution is -0.274. The Morgan fingerprint density at radius 2 is 1.96 bits per heavy atom. The van der Waals surface area contributed by atoms with Gasteiger partial charge in [0.2, 0.25) is 5.91 Å². The van der Waals surface area contributed by atoms with Gasteiger partial charge in [0.25, 0.3) is 0 Å². The number of nitrogens with one attached hydrogen (secondary N) is 1. The van der Waals surface area contributed by atoms with E-state index in [0.717, 1.165) is 0 Å². The van der Waals surface area contributed by atoms with E-state index < -0.39 is 6.36 Å². The zero-order valence-electron chi connectivity index (χ0n) is 15.0. The number of para-hydroxylation sites is 1. The van der Waals surface area contributed by atoms with Crippen LogP contribution >= 0.6 is 0 Å². The van der Waals surface area contributed by atoms with E-state index in [0.29, 0.717) is 30.8 Å². The van der Waals surface area contributed by atoms with Crippen molar-refractivity contribution >= 4 is 5.91 Å². The number of nitrogens with zero attached hydrogens (tertiary/aromatic N) is 1. The van der Waals surface area contributed by atoms with Crippen molar-refractivity contribution in [1.29, 1.82) is 0 Å². The van der Waals surface area contributed by atoms with Gasteiger partial charge in [-0.2, -0.15) is 0 Å². The van der Waals surface area contributed by atoms with Crippen LogP contribution in [0.15, 0.2) is 48.5 Å². The molecule has 1 N–H and O–H groups in total. The number of ether oxygens (including phenoxy) is 1. The maximum Gasteiger partial charge on any atom is 0.573 e. The summed E-state index contributed by atoms with van der Waals surface area (Å²) < 4.78 is 55.3. The summed E-state index contributed by atoms with van der Waals surface area (Å²) in [4.78, 5) is 14.4. The second-order valence-electron chi connectivity index (χ2n) is 6.52. The van der Waals surface area contributed by atoms with E-state index >= 15 is 0 Å². The third-order valence-electron chi connectivity index (χ3n) is 4.60. The third-order valence-corrected chi connectivity index (χ3v) is 4.60. The molecule has 2 aromatic carbocycles. The highest BCUT2D eigenvalue weighted by Crippen LogP contribution is 2.28. The van der Waals surface area contributed by atoms with Gasteiger partial charge in [-0.05, 0) is 35.7 Å². The fourth-order valence-corrected chi connectivity index (χ4v) is 3.33. The number of amides is 1. The number of carbonyl (C=O) groups is 1. The van der Waals surface area contributed by atoms with E-state index in [1.165, 1.54) is 30.3 Å². The Labute approximate surface area is 160 Å². The van der Waals surface area contributed by atoms with Gasteiger partial charge in [0.1, 0.15) is 11.6 Å². The number of alkyl halides is 3. The number of rotatable bonds is 5. The standard InChI is InChI=1S/C20H20F4N2O2/c21-16-6-3-5-15(12-16)17-13-25-10-11-26(17)19(27)9-8-14-4-1-2-7-18(14)28-20(22,23)24/h1-7,12,17,25H,8-11,13H2. The van der Waals surface area contributed by atoms with Gasteiger partial charge in [-0.3, -0.25) is 4.79 Å². The molecule has 8 heteroatoms. The number of hydrogen-bond donors (Lipinski definition) is 1. The van der Waals surface area contributed by atoms with Gasteiger partial charge in [-0.25, -0.2) is 4.39 Å². The van der Waals surface area contributed by atoms with Crippen LogP contribution in [-0.2, 0) is 11.2 Å². The van der Waals surface area contributed by atoms with E-state index in [9.17, 15) is 22.4 Å². The quantitative estimate of drug-likeness (QED) is 0.781. The molecule has 0 aromatic heterocycles. The van der Waals surface area contributed by atoms with Crippen molar-refractivity contribution in [3.8, 4) is 5.75 Å². The Morgan fingerprint density at radius 1 is 1.18 bits per heavy atom. The van der Waals surface area contributed by atoms with Crippen LogP contribution in [0.4, 0.5) is 17.6 Å². The Kier molecular flexibility index (Phi) is 6.18. The van der Waals surface area contributed by atoms with Gasteiger partial charge < -0.3 is 15.0 Å². The van der Waals surface area contributed by atoms with Gasteiger partial charge in [-0.15, -0.1) is 13.2 Å². The molecule has 3 rings (SSSR count). The molecule has 1 aliphatic heterocycles. The lowest BCUT2D eigenvalue weighted by Gasteiger charge is -2.36. The lowest BCUT2D eigenvalue weighted by atomic mass is 10.0. The zero-order chi connectivity index (χ0) is 20.1. The molecule has 1 heterocycles. The Morgan fingerprint density at radius 3 is 2.71 bits per heavy atom. The molecule has 0 spiro atoms. The minimum absolute atomic E-state index is 0.0318. The highest BCUT2D eigenvalue weighted by molar-refractivity contribution is 5.77. The van der Waals surface area contributed by atoms with E-state index in [1.54, 1.807) is 23.1 Å². The molecule has 1 amide bonds. The third kappa shape index (κ3) is 5.22. The normalized spacial score (nSPS) is 17.4. The first-order chi connectivity index (χ1) is 13.3. The molecular weight excluding hydrogens is 376 g/mol. The predicted octanol–water partition coefficient (Wildman–Crippen LogP) is 3.83. The molecule has 2 aromatic rings. The predicted molar refractivity (Wildman–Crippen MR) is 95.2 cm³/mol. The molecule has 28 heavy (non-hydrogen) atoms. The van der Waals surface area contributed by atoms with Gasteiger partial charge >= 0.3 is 6.36 Å². The van der Waals surface area contributed by atoms with Gasteiger partial charge in [0, 0.05) is 26.1 Å². The molecule has 1 fully saturated rings. The Balaban J connectivity index is 1.70. The van der Waals surface area contributed by atoms with Crippen LogP contribution in [0.3, 0.4) is 0 Å². The molecule has 150 valence electrons. The summed E-state index contributed by atoms with van der Waals surface area (Å²) >= 11 is 0. The summed E-state index contributed by atoms with van der Waals surface area (Å²) in [6, 6.07) is 11.5. The van der Waals surface area contributed by atoms with Crippen LogP contribution in [0, 0.1) is 5.82 Å². The highest BCUT2D eigenvalue weighted by Gasteiger charge is 2.32. The first kappa shape index (κ1) is 20.1. The average molecular weight is 396 g/mol. The number of piperazine rings is 1. The molecule has 0 aliphatic carbocycles. The van der Waals surface area contributed by atoms with Crippen LogP contribution in [0.1, 0.15) is 23.6 Å². The van der Waals surface area contributed by atoms with Crippen LogP contribution in [0.25, 0.3) is 0 Å². The number of hydrogen-bond acceptors (Lipinski definition) is 3. The minimum Gasteiger partial charge on any atom is -0.406 e. The molecule has 0 radical (unpaired) electrons. The molecule has 1 atom stereocenters. The first-order valence-electron chi connectivity index (χ1n) is 8.93. The summed E-state index contributed by atoms with van der Waals surface area (Å²) in [6.45, 7) is 1.54. The Hall–Kier alpha value is -2.61. The monoisotopic (exact) mass is 396 g/mol.